The normalized spacial score (nSPS) is 33.0. The molecule has 1 aromatic rings. The predicted molar refractivity (Wildman–Crippen MR) is 94.5 cm³/mol. The maximum Gasteiger partial charge on any atom is 0.223 e. The first-order chi connectivity index (χ1) is 12.2. The smallest absolute Gasteiger partial charge is 0.223 e. The summed E-state index contributed by atoms with van der Waals surface area (Å²) in [5, 5.41) is 3.36. The molecule has 136 valence electrons. The molecule has 1 saturated heterocycles. The topological polar surface area (TPSA) is 38.3 Å². The Morgan fingerprint density at radius 1 is 1.08 bits per heavy atom. The van der Waals surface area contributed by atoms with Crippen LogP contribution in [0.25, 0.3) is 0 Å². The second kappa shape index (κ2) is 7.45. The predicted octanol–water partition coefficient (Wildman–Crippen LogP) is 4.52. The van der Waals surface area contributed by atoms with Crippen LogP contribution in [0.4, 0.5) is 4.39 Å². The lowest BCUT2D eigenvalue weighted by Crippen LogP contribution is -2.52. The Hall–Kier alpha value is -1.42. The zero-order chi connectivity index (χ0) is 17.2. The van der Waals surface area contributed by atoms with E-state index in [0.29, 0.717) is 5.92 Å². The second-order valence-corrected chi connectivity index (χ2v) is 8.00. The van der Waals surface area contributed by atoms with Gasteiger partial charge in [0.05, 0.1) is 12.2 Å². The molecule has 4 heteroatoms. The van der Waals surface area contributed by atoms with Crippen molar-refractivity contribution in [3.8, 4) is 0 Å². The summed E-state index contributed by atoms with van der Waals surface area (Å²) < 4.78 is 20.0. The van der Waals surface area contributed by atoms with Crippen molar-refractivity contribution in [3.05, 3.63) is 35.6 Å². The van der Waals surface area contributed by atoms with Crippen LogP contribution < -0.4 is 5.32 Å². The quantitative estimate of drug-likeness (QED) is 0.874. The third-order valence-electron chi connectivity index (χ3n) is 6.35. The molecule has 1 heterocycles. The fourth-order valence-corrected chi connectivity index (χ4v) is 5.00. The average molecular weight is 345 g/mol. The molecule has 1 aromatic carbocycles. The number of rotatable bonds is 3. The minimum atomic E-state index is -0.224. The number of carbonyl (C=O) groups is 1. The summed E-state index contributed by atoms with van der Waals surface area (Å²) in [6.07, 6.45) is 9.77. The Morgan fingerprint density at radius 3 is 2.64 bits per heavy atom. The fourth-order valence-electron chi connectivity index (χ4n) is 5.00. The number of nitrogens with one attached hydrogen (secondary N) is 1. The van der Waals surface area contributed by atoms with Gasteiger partial charge in [-0.1, -0.05) is 37.8 Å². The van der Waals surface area contributed by atoms with Gasteiger partial charge in [-0.15, -0.1) is 0 Å². The minimum absolute atomic E-state index is 0.121. The van der Waals surface area contributed by atoms with E-state index in [2.05, 4.69) is 5.32 Å². The highest BCUT2D eigenvalue weighted by molar-refractivity contribution is 5.79. The molecule has 1 aliphatic heterocycles. The van der Waals surface area contributed by atoms with Crippen LogP contribution in [0, 0.1) is 17.7 Å². The summed E-state index contributed by atoms with van der Waals surface area (Å²) >= 11 is 0. The van der Waals surface area contributed by atoms with Crippen LogP contribution in [0.2, 0.25) is 0 Å². The Bertz CT molecular complexity index is 614. The van der Waals surface area contributed by atoms with Crippen LogP contribution in [0.15, 0.2) is 24.3 Å². The summed E-state index contributed by atoms with van der Waals surface area (Å²) in [5.74, 6) is 0.603. The van der Waals surface area contributed by atoms with Gasteiger partial charge in [-0.2, -0.15) is 0 Å². The van der Waals surface area contributed by atoms with Crippen LogP contribution >= 0.6 is 0 Å². The molecule has 2 aliphatic carbocycles. The van der Waals surface area contributed by atoms with Gasteiger partial charge in [0.25, 0.3) is 0 Å². The molecule has 3 aliphatic rings. The third kappa shape index (κ3) is 3.74. The zero-order valence-corrected chi connectivity index (χ0v) is 14.8. The molecule has 0 bridgehead atoms. The zero-order valence-electron chi connectivity index (χ0n) is 14.8. The first-order valence-corrected chi connectivity index (χ1v) is 9.92. The number of hydrogen-bond donors (Lipinski definition) is 1. The lowest BCUT2D eigenvalue weighted by molar-refractivity contribution is -0.135. The van der Waals surface area contributed by atoms with Crippen molar-refractivity contribution in [2.45, 2.75) is 76.0 Å². The van der Waals surface area contributed by atoms with Gasteiger partial charge in [0.15, 0.2) is 0 Å². The van der Waals surface area contributed by atoms with E-state index >= 15 is 0 Å². The van der Waals surface area contributed by atoms with E-state index in [9.17, 15) is 9.18 Å². The van der Waals surface area contributed by atoms with Crippen molar-refractivity contribution in [1.82, 2.24) is 5.32 Å². The second-order valence-electron chi connectivity index (χ2n) is 8.00. The molecule has 0 radical (unpaired) electrons. The van der Waals surface area contributed by atoms with Crippen molar-refractivity contribution < 1.29 is 13.9 Å². The van der Waals surface area contributed by atoms with Gasteiger partial charge in [0.2, 0.25) is 5.91 Å². The van der Waals surface area contributed by atoms with Gasteiger partial charge in [-0.05, 0) is 49.8 Å². The van der Waals surface area contributed by atoms with Gasteiger partial charge in [-0.25, -0.2) is 4.39 Å². The van der Waals surface area contributed by atoms with Crippen LogP contribution in [0.3, 0.4) is 0 Å². The highest BCUT2D eigenvalue weighted by atomic mass is 19.1. The van der Waals surface area contributed by atoms with E-state index in [1.165, 1.54) is 31.7 Å². The van der Waals surface area contributed by atoms with Crippen LogP contribution in [0.1, 0.15) is 69.5 Å². The molecule has 0 spiro atoms. The largest absolute Gasteiger partial charge is 0.370 e. The van der Waals surface area contributed by atoms with Gasteiger partial charge < -0.3 is 10.1 Å². The van der Waals surface area contributed by atoms with Crippen LogP contribution in [0.5, 0.6) is 0 Å². The van der Waals surface area contributed by atoms with E-state index in [0.717, 1.165) is 37.7 Å². The molecule has 0 unspecified atom stereocenters. The highest BCUT2D eigenvalue weighted by Gasteiger charge is 2.41. The number of hydrogen-bond acceptors (Lipinski definition) is 2. The first-order valence-electron chi connectivity index (χ1n) is 9.92. The molecular weight excluding hydrogens is 317 g/mol. The lowest BCUT2D eigenvalue weighted by atomic mass is 9.76. The molecule has 3 nitrogen and oxygen atoms in total. The van der Waals surface area contributed by atoms with Gasteiger partial charge in [0, 0.05) is 17.9 Å². The van der Waals surface area contributed by atoms with Crippen LogP contribution in [-0.4, -0.2) is 18.1 Å². The van der Waals surface area contributed by atoms with Crippen molar-refractivity contribution in [2.75, 3.05) is 0 Å². The van der Waals surface area contributed by atoms with E-state index in [4.69, 9.17) is 4.74 Å². The molecule has 4 atom stereocenters. The fraction of sp³-hybridized carbons (Fsp3) is 0.667. The Balaban J connectivity index is 1.51. The van der Waals surface area contributed by atoms with Crippen molar-refractivity contribution in [1.29, 1.82) is 0 Å². The SMILES string of the molecule is O=C(N[C@H]1C[C@@H](c2cccc(F)c2)O[C@H]2CCCC[C@H]12)C1CCCC1. The van der Waals surface area contributed by atoms with E-state index in [-0.39, 0.29) is 35.9 Å². The van der Waals surface area contributed by atoms with Crippen molar-refractivity contribution >= 4 is 5.91 Å². The maximum absolute atomic E-state index is 13.6. The Morgan fingerprint density at radius 2 is 1.84 bits per heavy atom. The molecule has 1 N–H and O–H groups in total. The molecule has 3 fully saturated rings. The third-order valence-corrected chi connectivity index (χ3v) is 6.35. The summed E-state index contributed by atoms with van der Waals surface area (Å²) in [5.41, 5.74) is 0.893. The van der Waals surface area contributed by atoms with Crippen molar-refractivity contribution in [3.63, 3.8) is 0 Å². The minimum Gasteiger partial charge on any atom is -0.370 e. The van der Waals surface area contributed by atoms with Gasteiger partial charge >= 0.3 is 0 Å². The molecule has 2 saturated carbocycles. The standard InChI is InChI=1S/C21H28FNO2/c22-16-9-5-8-15(12-16)20-13-18(17-10-3-4-11-19(17)25-20)23-21(24)14-6-1-2-7-14/h5,8-9,12,14,17-20H,1-4,6-7,10-11,13H2,(H,23,24)/t17-,18+,19+,20+/m1/s1. The number of fused-ring (bicyclic) bond motifs is 1. The van der Waals surface area contributed by atoms with Gasteiger partial charge in [-0.3, -0.25) is 4.79 Å². The molecule has 25 heavy (non-hydrogen) atoms. The van der Waals surface area contributed by atoms with Crippen molar-refractivity contribution in [2.24, 2.45) is 11.8 Å². The number of benzene rings is 1. The van der Waals surface area contributed by atoms with E-state index in [1.54, 1.807) is 12.1 Å². The molecule has 4 rings (SSSR count). The van der Waals surface area contributed by atoms with E-state index in [1.807, 2.05) is 6.07 Å². The number of ether oxygens (including phenoxy) is 1. The summed E-state index contributed by atoms with van der Waals surface area (Å²) in [6, 6.07) is 6.87. The molecule has 0 aromatic heterocycles. The lowest BCUT2D eigenvalue weighted by Gasteiger charge is -2.45. The summed E-state index contributed by atoms with van der Waals surface area (Å²) in [4.78, 5) is 12.7. The Kier molecular flexibility index (Phi) is 5.07. The Labute approximate surface area is 149 Å². The average Bonchev–Trinajstić information content (AvgIpc) is 3.16. The highest BCUT2D eigenvalue weighted by Crippen LogP contribution is 2.41. The number of carbonyl (C=O) groups excluding carboxylic acids is 1. The van der Waals surface area contributed by atoms with E-state index < -0.39 is 0 Å². The number of amides is 1. The first kappa shape index (κ1) is 17.0. The summed E-state index contributed by atoms with van der Waals surface area (Å²) in [6.45, 7) is 0. The number of halogens is 1. The van der Waals surface area contributed by atoms with Gasteiger partial charge in [0.1, 0.15) is 5.82 Å². The van der Waals surface area contributed by atoms with Crippen LogP contribution in [-0.2, 0) is 9.53 Å². The maximum atomic E-state index is 13.6. The molecular formula is C21H28FNO2. The molecule has 1 amide bonds. The summed E-state index contributed by atoms with van der Waals surface area (Å²) in [7, 11) is 0. The monoisotopic (exact) mass is 345 g/mol.